The number of rotatable bonds is 3. The van der Waals surface area contributed by atoms with Gasteiger partial charge in [-0.1, -0.05) is 52.4 Å². The van der Waals surface area contributed by atoms with Crippen LogP contribution >= 0.6 is 0 Å². The van der Waals surface area contributed by atoms with Gasteiger partial charge in [0.15, 0.2) is 0 Å². The Hall–Kier alpha value is -0.0400. The molecule has 2 aliphatic carbocycles. The molecule has 0 spiro atoms. The molecule has 0 aromatic heterocycles. The Morgan fingerprint density at radius 2 is 1.75 bits per heavy atom. The van der Waals surface area contributed by atoms with E-state index in [1.54, 1.807) is 0 Å². The summed E-state index contributed by atoms with van der Waals surface area (Å²) < 4.78 is 0. The monoisotopic (exact) mass is 223 g/mol. The summed E-state index contributed by atoms with van der Waals surface area (Å²) in [7, 11) is 0. The highest BCUT2D eigenvalue weighted by Gasteiger charge is 2.38. The fourth-order valence-corrected chi connectivity index (χ4v) is 4.12. The van der Waals surface area contributed by atoms with E-state index in [-0.39, 0.29) is 0 Å². The van der Waals surface area contributed by atoms with Crippen molar-refractivity contribution >= 4 is 0 Å². The quantitative estimate of drug-likeness (QED) is 0.765. The maximum absolute atomic E-state index is 6.49. The minimum Gasteiger partial charge on any atom is -0.327 e. The molecule has 1 heteroatoms. The lowest BCUT2D eigenvalue weighted by molar-refractivity contribution is 0.188. The predicted octanol–water partition coefficient (Wildman–Crippen LogP) is 4.11. The smallest absolute Gasteiger partial charge is 0.00748 e. The summed E-state index contributed by atoms with van der Waals surface area (Å²) in [5.41, 5.74) is 6.99. The summed E-state index contributed by atoms with van der Waals surface area (Å²) >= 11 is 0. The molecule has 2 rings (SSSR count). The van der Waals surface area contributed by atoms with Crippen LogP contribution in [0, 0.1) is 17.3 Å². The van der Waals surface area contributed by atoms with Crippen molar-refractivity contribution in [1.82, 2.24) is 0 Å². The van der Waals surface area contributed by atoms with E-state index in [4.69, 9.17) is 5.73 Å². The number of hydrogen-bond acceptors (Lipinski definition) is 1. The van der Waals surface area contributed by atoms with Crippen molar-refractivity contribution in [2.24, 2.45) is 23.0 Å². The first-order valence-electron chi connectivity index (χ1n) is 7.35. The second-order valence-corrected chi connectivity index (χ2v) is 6.89. The zero-order valence-electron chi connectivity index (χ0n) is 11.2. The molecular formula is C15H29N. The van der Waals surface area contributed by atoms with E-state index >= 15 is 0 Å². The van der Waals surface area contributed by atoms with E-state index in [1.165, 1.54) is 57.8 Å². The first-order chi connectivity index (χ1) is 7.59. The fraction of sp³-hybridized carbons (Fsp3) is 1.00. The molecule has 94 valence electrons. The van der Waals surface area contributed by atoms with Gasteiger partial charge in [-0.3, -0.25) is 0 Å². The summed E-state index contributed by atoms with van der Waals surface area (Å²) in [5, 5.41) is 0. The van der Waals surface area contributed by atoms with E-state index in [1.807, 2.05) is 0 Å². The minimum absolute atomic E-state index is 0.473. The van der Waals surface area contributed by atoms with E-state index in [0.717, 1.165) is 11.8 Å². The van der Waals surface area contributed by atoms with E-state index in [0.29, 0.717) is 11.5 Å². The molecule has 0 aliphatic heterocycles. The molecule has 0 heterocycles. The zero-order chi connectivity index (χ0) is 11.6. The summed E-state index contributed by atoms with van der Waals surface area (Å²) in [6.07, 6.45) is 12.7. The van der Waals surface area contributed by atoms with Gasteiger partial charge in [0.25, 0.3) is 0 Å². The third-order valence-electron chi connectivity index (χ3n) is 5.19. The van der Waals surface area contributed by atoms with Gasteiger partial charge in [-0.05, 0) is 36.5 Å². The van der Waals surface area contributed by atoms with Crippen molar-refractivity contribution in [1.29, 1.82) is 0 Å². The average molecular weight is 223 g/mol. The molecule has 1 nitrogen and oxygen atoms in total. The molecule has 0 aromatic carbocycles. The van der Waals surface area contributed by atoms with Gasteiger partial charge in [0.2, 0.25) is 0 Å². The Morgan fingerprint density at radius 3 is 2.31 bits per heavy atom. The molecule has 2 unspecified atom stereocenters. The normalized spacial score (nSPS) is 32.8. The maximum atomic E-state index is 6.49. The Kier molecular flexibility index (Phi) is 3.94. The molecular weight excluding hydrogens is 194 g/mol. The molecule has 2 N–H and O–H groups in total. The van der Waals surface area contributed by atoms with Gasteiger partial charge < -0.3 is 5.73 Å². The molecule has 0 saturated heterocycles. The van der Waals surface area contributed by atoms with Gasteiger partial charge in [-0.25, -0.2) is 0 Å². The first-order valence-corrected chi connectivity index (χ1v) is 7.35. The standard InChI is InChI=1S/C15H29N/c1-15(2)10-6-9-13(15)14(16)11-12-7-4-3-5-8-12/h12-14H,3-11,16H2,1-2H3. The number of nitrogens with two attached hydrogens (primary N) is 1. The van der Waals surface area contributed by atoms with Gasteiger partial charge in [0.05, 0.1) is 0 Å². The average Bonchev–Trinajstić information content (AvgIpc) is 2.59. The molecule has 2 aliphatic rings. The first kappa shape index (κ1) is 12.4. The largest absolute Gasteiger partial charge is 0.327 e. The van der Waals surface area contributed by atoms with Gasteiger partial charge >= 0.3 is 0 Å². The van der Waals surface area contributed by atoms with E-state index in [9.17, 15) is 0 Å². The van der Waals surface area contributed by atoms with Crippen molar-refractivity contribution in [3.8, 4) is 0 Å². The van der Waals surface area contributed by atoms with Crippen LogP contribution in [0.15, 0.2) is 0 Å². The van der Waals surface area contributed by atoms with Crippen LogP contribution in [0.2, 0.25) is 0 Å². The SMILES string of the molecule is CC1(C)CCCC1C(N)CC1CCCCC1. The van der Waals surface area contributed by atoms with Crippen molar-refractivity contribution in [2.45, 2.75) is 77.7 Å². The Morgan fingerprint density at radius 1 is 1.06 bits per heavy atom. The molecule has 2 fully saturated rings. The van der Waals surface area contributed by atoms with Gasteiger partial charge in [0.1, 0.15) is 0 Å². The van der Waals surface area contributed by atoms with E-state index < -0.39 is 0 Å². The highest BCUT2D eigenvalue weighted by molar-refractivity contribution is 4.91. The van der Waals surface area contributed by atoms with Crippen molar-refractivity contribution in [2.75, 3.05) is 0 Å². The molecule has 16 heavy (non-hydrogen) atoms. The van der Waals surface area contributed by atoms with E-state index in [2.05, 4.69) is 13.8 Å². The molecule has 2 saturated carbocycles. The van der Waals surface area contributed by atoms with Crippen LogP contribution < -0.4 is 5.73 Å². The maximum Gasteiger partial charge on any atom is 0.00748 e. The third-order valence-corrected chi connectivity index (χ3v) is 5.19. The van der Waals surface area contributed by atoms with Crippen LogP contribution in [-0.2, 0) is 0 Å². The second-order valence-electron chi connectivity index (χ2n) is 6.89. The molecule has 0 radical (unpaired) electrons. The Labute approximate surface area is 101 Å². The zero-order valence-corrected chi connectivity index (χ0v) is 11.2. The van der Waals surface area contributed by atoms with Crippen LogP contribution in [0.5, 0.6) is 0 Å². The van der Waals surface area contributed by atoms with Crippen molar-refractivity contribution in [3.05, 3.63) is 0 Å². The van der Waals surface area contributed by atoms with Gasteiger partial charge in [0, 0.05) is 6.04 Å². The predicted molar refractivity (Wildman–Crippen MR) is 70.3 cm³/mol. The van der Waals surface area contributed by atoms with Gasteiger partial charge in [-0.2, -0.15) is 0 Å². The summed E-state index contributed by atoms with van der Waals surface area (Å²) in [6.45, 7) is 4.84. The summed E-state index contributed by atoms with van der Waals surface area (Å²) in [6, 6.07) is 0.473. The van der Waals surface area contributed by atoms with Crippen LogP contribution in [0.4, 0.5) is 0 Å². The molecule has 0 bridgehead atoms. The molecule has 0 aromatic rings. The molecule has 2 atom stereocenters. The van der Waals surface area contributed by atoms with Crippen LogP contribution in [-0.4, -0.2) is 6.04 Å². The Bertz CT molecular complexity index is 215. The highest BCUT2D eigenvalue weighted by Crippen LogP contribution is 2.45. The fourth-order valence-electron chi connectivity index (χ4n) is 4.12. The van der Waals surface area contributed by atoms with Crippen LogP contribution in [0.1, 0.15) is 71.6 Å². The van der Waals surface area contributed by atoms with Crippen LogP contribution in [0.25, 0.3) is 0 Å². The third kappa shape index (κ3) is 2.80. The molecule has 0 amide bonds. The lowest BCUT2D eigenvalue weighted by Crippen LogP contribution is -2.38. The lowest BCUT2D eigenvalue weighted by atomic mass is 9.74. The van der Waals surface area contributed by atoms with Crippen molar-refractivity contribution in [3.63, 3.8) is 0 Å². The van der Waals surface area contributed by atoms with Gasteiger partial charge in [-0.15, -0.1) is 0 Å². The second kappa shape index (κ2) is 5.08. The Balaban J connectivity index is 1.84. The van der Waals surface area contributed by atoms with Crippen LogP contribution in [0.3, 0.4) is 0 Å². The summed E-state index contributed by atoms with van der Waals surface area (Å²) in [4.78, 5) is 0. The summed E-state index contributed by atoms with van der Waals surface area (Å²) in [5.74, 6) is 1.73. The van der Waals surface area contributed by atoms with Crippen molar-refractivity contribution < 1.29 is 0 Å². The topological polar surface area (TPSA) is 26.0 Å². The number of hydrogen-bond donors (Lipinski definition) is 1. The highest BCUT2D eigenvalue weighted by atomic mass is 14.7. The lowest BCUT2D eigenvalue weighted by Gasteiger charge is -2.34. The minimum atomic E-state index is 0.473.